The van der Waals surface area contributed by atoms with Crippen molar-refractivity contribution in [1.29, 1.82) is 0 Å². The van der Waals surface area contributed by atoms with Crippen molar-refractivity contribution in [1.82, 2.24) is 26.0 Å². The monoisotopic (exact) mass is 435 g/mol. The maximum Gasteiger partial charge on any atom is 0.290 e. The molecule has 0 saturated carbocycles. The molecule has 0 bridgehead atoms. The van der Waals surface area contributed by atoms with E-state index in [2.05, 4.69) is 26.0 Å². The van der Waals surface area contributed by atoms with Crippen molar-refractivity contribution in [3.8, 4) is 11.3 Å². The molecule has 3 N–H and O–H groups in total. The molecule has 3 aromatic carbocycles. The number of carbonyl (C=O) groups is 2. The second-order valence-corrected chi connectivity index (χ2v) is 7.29. The van der Waals surface area contributed by atoms with Crippen LogP contribution in [0.1, 0.15) is 20.8 Å². The number of carbonyl (C=O) groups excluding carboxylic acids is 2. The number of nitrogens with one attached hydrogen (secondary N) is 3. The molecule has 0 radical (unpaired) electrons. The first-order valence-corrected chi connectivity index (χ1v) is 10.1. The number of amides is 2. The fourth-order valence-corrected chi connectivity index (χ4v) is 3.65. The third-order valence-electron chi connectivity index (χ3n) is 5.23. The second kappa shape index (κ2) is 8.35. The van der Waals surface area contributed by atoms with Gasteiger partial charge in [0.15, 0.2) is 5.69 Å². The van der Waals surface area contributed by atoms with Gasteiger partial charge in [0.1, 0.15) is 0 Å². The number of aromatic nitrogens is 3. The molecule has 0 aliphatic carbocycles. The van der Waals surface area contributed by atoms with E-state index >= 15 is 0 Å². The van der Waals surface area contributed by atoms with Gasteiger partial charge in [-0.3, -0.25) is 25.2 Å². The van der Waals surface area contributed by atoms with E-state index in [4.69, 9.17) is 0 Å². The summed E-state index contributed by atoms with van der Waals surface area (Å²) in [5.74, 6) is -1.16. The number of hydrazine groups is 1. The first kappa shape index (κ1) is 20.1. The Kier molecular flexibility index (Phi) is 5.08. The lowest BCUT2D eigenvalue weighted by Crippen LogP contribution is -2.42. The van der Waals surface area contributed by atoms with Gasteiger partial charge < -0.3 is 0 Å². The predicted octanol–water partition coefficient (Wildman–Crippen LogP) is 3.21. The lowest BCUT2D eigenvalue weighted by molar-refractivity contribution is 0.0845. The molecule has 8 nitrogen and oxygen atoms in total. The van der Waals surface area contributed by atoms with Gasteiger partial charge in [0.25, 0.3) is 17.4 Å². The summed E-state index contributed by atoms with van der Waals surface area (Å²) in [6.07, 6.45) is 0. The van der Waals surface area contributed by atoms with Gasteiger partial charge in [-0.15, -0.1) is 0 Å². The van der Waals surface area contributed by atoms with Gasteiger partial charge in [0, 0.05) is 16.3 Å². The number of para-hydroxylation sites is 1. The number of pyridine rings is 1. The van der Waals surface area contributed by atoms with Crippen molar-refractivity contribution in [3.05, 3.63) is 107 Å². The Morgan fingerprint density at radius 1 is 0.727 bits per heavy atom. The van der Waals surface area contributed by atoms with Gasteiger partial charge >= 0.3 is 0 Å². The van der Waals surface area contributed by atoms with Crippen molar-refractivity contribution in [2.45, 2.75) is 0 Å². The van der Waals surface area contributed by atoms with E-state index in [9.17, 15) is 14.4 Å². The molecule has 0 fully saturated rings. The first-order valence-electron chi connectivity index (χ1n) is 10.1. The van der Waals surface area contributed by atoms with E-state index in [0.717, 1.165) is 5.56 Å². The van der Waals surface area contributed by atoms with Crippen molar-refractivity contribution in [3.63, 3.8) is 0 Å². The molecule has 5 rings (SSSR count). The summed E-state index contributed by atoms with van der Waals surface area (Å²) in [5, 5.41) is 7.52. The van der Waals surface area contributed by atoms with Crippen molar-refractivity contribution in [2.75, 3.05) is 0 Å². The van der Waals surface area contributed by atoms with Crippen molar-refractivity contribution >= 4 is 33.5 Å². The molecule has 0 spiro atoms. The summed E-state index contributed by atoms with van der Waals surface area (Å²) < 4.78 is 0. The molecular formula is C25H17N5O3. The van der Waals surface area contributed by atoms with Gasteiger partial charge in [0.05, 0.1) is 22.2 Å². The number of benzene rings is 3. The van der Waals surface area contributed by atoms with Crippen molar-refractivity contribution in [2.24, 2.45) is 0 Å². The van der Waals surface area contributed by atoms with E-state index in [1.165, 1.54) is 0 Å². The van der Waals surface area contributed by atoms with Crippen LogP contribution in [0.4, 0.5) is 0 Å². The standard InChI is InChI=1S/C25H17N5O3/c31-23-18-12-5-4-11-17(18)22(27-28-23)25(33)30-29-24(32)19-14-21(15-8-2-1-3-9-15)26-20-13-7-6-10-16(19)20/h1-14H,(H,28,31)(H,29,32)(H,30,33). The Labute approximate surface area is 187 Å². The lowest BCUT2D eigenvalue weighted by atomic mass is 10.0. The van der Waals surface area contributed by atoms with E-state index in [1.54, 1.807) is 36.4 Å². The summed E-state index contributed by atoms with van der Waals surface area (Å²) in [4.78, 5) is 42.4. The number of rotatable bonds is 3. The first-order chi connectivity index (χ1) is 16.1. The van der Waals surface area contributed by atoms with Gasteiger partial charge in [-0.05, 0) is 18.2 Å². The largest absolute Gasteiger partial charge is 0.290 e. The summed E-state index contributed by atoms with van der Waals surface area (Å²) in [6.45, 7) is 0. The smallest absolute Gasteiger partial charge is 0.267 e. The minimum atomic E-state index is -0.655. The molecule has 8 heteroatoms. The zero-order valence-electron chi connectivity index (χ0n) is 17.2. The van der Waals surface area contributed by atoms with Gasteiger partial charge in [-0.25, -0.2) is 10.1 Å². The highest BCUT2D eigenvalue weighted by Gasteiger charge is 2.17. The van der Waals surface area contributed by atoms with Crippen LogP contribution >= 0.6 is 0 Å². The third kappa shape index (κ3) is 3.81. The molecule has 33 heavy (non-hydrogen) atoms. The lowest BCUT2D eigenvalue weighted by Gasteiger charge is -2.12. The summed E-state index contributed by atoms with van der Waals surface area (Å²) >= 11 is 0. The van der Waals surface area contributed by atoms with Crippen LogP contribution in [0, 0.1) is 0 Å². The van der Waals surface area contributed by atoms with Crippen LogP contribution in [0.5, 0.6) is 0 Å². The van der Waals surface area contributed by atoms with Gasteiger partial charge in [0.2, 0.25) is 0 Å². The normalized spacial score (nSPS) is 10.8. The molecule has 0 unspecified atom stereocenters. The minimum Gasteiger partial charge on any atom is -0.267 e. The molecule has 0 aliphatic rings. The molecule has 0 aliphatic heterocycles. The molecule has 0 atom stereocenters. The molecule has 5 aromatic rings. The van der Waals surface area contributed by atoms with Gasteiger partial charge in [-0.1, -0.05) is 66.7 Å². The van der Waals surface area contributed by atoms with E-state index in [-0.39, 0.29) is 5.69 Å². The predicted molar refractivity (Wildman–Crippen MR) is 124 cm³/mol. The average molecular weight is 435 g/mol. The Morgan fingerprint density at radius 3 is 2.15 bits per heavy atom. The molecule has 2 heterocycles. The zero-order valence-corrected chi connectivity index (χ0v) is 17.2. The second-order valence-electron chi connectivity index (χ2n) is 7.29. The van der Waals surface area contributed by atoms with Crippen LogP contribution in [0.25, 0.3) is 32.9 Å². The topological polar surface area (TPSA) is 117 Å². The zero-order chi connectivity index (χ0) is 22.8. The molecule has 0 saturated heterocycles. The molecule has 2 aromatic heterocycles. The van der Waals surface area contributed by atoms with Crippen molar-refractivity contribution < 1.29 is 9.59 Å². The number of hydrogen-bond acceptors (Lipinski definition) is 5. The summed E-state index contributed by atoms with van der Waals surface area (Å²) in [5.41, 5.74) is 6.95. The SMILES string of the molecule is O=C(NNC(=O)c1n[nH]c(=O)c2ccccc12)c1cc(-c2ccccc2)nc2ccccc12. The average Bonchev–Trinajstić information content (AvgIpc) is 2.87. The Morgan fingerprint density at radius 2 is 1.36 bits per heavy atom. The fourth-order valence-electron chi connectivity index (χ4n) is 3.65. The van der Waals surface area contributed by atoms with Crippen LogP contribution in [-0.2, 0) is 0 Å². The maximum atomic E-state index is 13.1. The Balaban J connectivity index is 1.46. The van der Waals surface area contributed by atoms with E-state index < -0.39 is 17.4 Å². The molecular weight excluding hydrogens is 418 g/mol. The van der Waals surface area contributed by atoms with E-state index in [0.29, 0.717) is 32.9 Å². The number of H-pyrrole nitrogens is 1. The van der Waals surface area contributed by atoms with Gasteiger partial charge in [-0.2, -0.15) is 5.10 Å². The molecule has 160 valence electrons. The van der Waals surface area contributed by atoms with Crippen LogP contribution in [0.2, 0.25) is 0 Å². The third-order valence-corrected chi connectivity index (χ3v) is 5.23. The number of nitrogens with zero attached hydrogens (tertiary/aromatic N) is 2. The fraction of sp³-hybridized carbons (Fsp3) is 0. The number of hydrogen-bond donors (Lipinski definition) is 3. The summed E-state index contributed by atoms with van der Waals surface area (Å²) in [6, 6.07) is 25.1. The number of fused-ring (bicyclic) bond motifs is 2. The summed E-state index contributed by atoms with van der Waals surface area (Å²) in [7, 11) is 0. The van der Waals surface area contributed by atoms with Crippen LogP contribution < -0.4 is 16.4 Å². The highest BCUT2D eigenvalue weighted by molar-refractivity contribution is 6.09. The van der Waals surface area contributed by atoms with Crippen LogP contribution in [-0.4, -0.2) is 27.0 Å². The minimum absolute atomic E-state index is 0.00457. The Hall–Kier alpha value is -4.85. The highest BCUT2D eigenvalue weighted by Crippen LogP contribution is 2.24. The van der Waals surface area contributed by atoms with E-state index in [1.807, 2.05) is 48.5 Å². The quantitative estimate of drug-likeness (QED) is 0.376. The van der Waals surface area contributed by atoms with Crippen LogP contribution in [0.15, 0.2) is 89.7 Å². The maximum absolute atomic E-state index is 13.1. The molecule has 2 amide bonds. The van der Waals surface area contributed by atoms with Crippen LogP contribution in [0.3, 0.4) is 0 Å². The highest BCUT2D eigenvalue weighted by atomic mass is 16.2. The number of aromatic amines is 1. The Bertz CT molecular complexity index is 1580.